The molecule has 0 fully saturated rings. The van der Waals surface area contributed by atoms with E-state index < -0.39 is 30.1 Å². The fourth-order valence-electron chi connectivity index (χ4n) is 3.23. The third-order valence-electron chi connectivity index (χ3n) is 4.99. The maximum atomic E-state index is 12.4. The third kappa shape index (κ3) is 8.03. The number of benzene rings is 2. The van der Waals surface area contributed by atoms with Crippen LogP contribution in [0.25, 0.3) is 0 Å². The highest BCUT2D eigenvalue weighted by atomic mass is 16.5. The molecule has 3 N–H and O–H groups in total. The van der Waals surface area contributed by atoms with Crippen LogP contribution in [-0.2, 0) is 32.1 Å². The fourth-order valence-corrected chi connectivity index (χ4v) is 3.23. The molecular weight excluding hydrogens is 412 g/mol. The topological polar surface area (TPSA) is 114 Å². The van der Waals surface area contributed by atoms with Crippen LogP contribution < -0.4 is 10.6 Å². The third-order valence-corrected chi connectivity index (χ3v) is 4.99. The van der Waals surface area contributed by atoms with Crippen LogP contribution >= 0.6 is 0 Å². The maximum absolute atomic E-state index is 12.4. The summed E-state index contributed by atoms with van der Waals surface area (Å²) in [5.41, 5.74) is 3.80. The molecule has 0 aliphatic heterocycles. The number of hydrogen-bond acceptors (Lipinski definition) is 6. The van der Waals surface area contributed by atoms with Crippen LogP contribution in [0.2, 0.25) is 0 Å². The fraction of sp³-hybridized carbons (Fsp3) is 0.375. The molecule has 0 saturated carbocycles. The first kappa shape index (κ1) is 24.9. The van der Waals surface area contributed by atoms with Crippen LogP contribution in [0.15, 0.2) is 48.5 Å². The van der Waals surface area contributed by atoms with Gasteiger partial charge >= 0.3 is 12.1 Å². The van der Waals surface area contributed by atoms with E-state index in [0.29, 0.717) is 0 Å². The summed E-state index contributed by atoms with van der Waals surface area (Å²) in [4.78, 5) is 36.3. The zero-order valence-corrected chi connectivity index (χ0v) is 18.6. The molecule has 0 aromatic heterocycles. The highest BCUT2D eigenvalue weighted by Crippen LogP contribution is 2.16. The number of rotatable bonds is 10. The molecule has 0 aliphatic carbocycles. The van der Waals surface area contributed by atoms with Gasteiger partial charge in [-0.2, -0.15) is 0 Å². The normalized spacial score (nSPS) is 12.4. The minimum Gasteiger partial charge on any atom is -0.467 e. The first-order valence-electron chi connectivity index (χ1n) is 10.3. The van der Waals surface area contributed by atoms with Crippen LogP contribution in [0.4, 0.5) is 4.79 Å². The zero-order valence-electron chi connectivity index (χ0n) is 18.6. The van der Waals surface area contributed by atoms with E-state index in [0.717, 1.165) is 22.3 Å². The summed E-state index contributed by atoms with van der Waals surface area (Å²) >= 11 is 0. The van der Waals surface area contributed by atoms with Crippen LogP contribution in [-0.4, -0.2) is 48.9 Å². The predicted octanol–water partition coefficient (Wildman–Crippen LogP) is 2.18. The number of ether oxygens (including phenoxy) is 2. The van der Waals surface area contributed by atoms with Gasteiger partial charge in [0.2, 0.25) is 5.91 Å². The van der Waals surface area contributed by atoms with Gasteiger partial charge in [-0.05, 0) is 36.1 Å². The van der Waals surface area contributed by atoms with E-state index in [1.807, 2.05) is 62.4 Å². The van der Waals surface area contributed by atoms with Gasteiger partial charge in [0.25, 0.3) is 0 Å². The molecule has 2 aromatic rings. The largest absolute Gasteiger partial charge is 0.467 e. The van der Waals surface area contributed by atoms with Crippen molar-refractivity contribution in [2.45, 2.75) is 45.4 Å². The highest BCUT2D eigenvalue weighted by Gasteiger charge is 2.24. The monoisotopic (exact) mass is 442 g/mol. The van der Waals surface area contributed by atoms with Crippen molar-refractivity contribution >= 4 is 18.0 Å². The van der Waals surface area contributed by atoms with Crippen LogP contribution in [0.3, 0.4) is 0 Å². The van der Waals surface area contributed by atoms with Gasteiger partial charge in [-0.25, -0.2) is 9.59 Å². The van der Waals surface area contributed by atoms with E-state index >= 15 is 0 Å². The van der Waals surface area contributed by atoms with Gasteiger partial charge in [0.1, 0.15) is 12.6 Å². The summed E-state index contributed by atoms with van der Waals surface area (Å²) in [6.07, 6.45) is -1.86. The second-order valence-electron chi connectivity index (χ2n) is 7.52. The van der Waals surface area contributed by atoms with Gasteiger partial charge in [-0.1, -0.05) is 48.5 Å². The Kier molecular flexibility index (Phi) is 9.69. The van der Waals surface area contributed by atoms with Gasteiger partial charge < -0.3 is 25.2 Å². The van der Waals surface area contributed by atoms with Crippen molar-refractivity contribution in [1.29, 1.82) is 0 Å². The number of carbonyl (C=O) groups is 3. The molecule has 2 amide bonds. The molecule has 0 saturated heterocycles. The van der Waals surface area contributed by atoms with E-state index in [2.05, 4.69) is 10.6 Å². The van der Waals surface area contributed by atoms with E-state index in [4.69, 9.17) is 9.47 Å². The number of methoxy groups -OCH3 is 1. The number of carbonyl (C=O) groups excluding carboxylic acids is 3. The maximum Gasteiger partial charge on any atom is 0.407 e. The lowest BCUT2D eigenvalue weighted by atomic mass is 9.96. The highest BCUT2D eigenvalue weighted by molar-refractivity contribution is 5.85. The van der Waals surface area contributed by atoms with Crippen LogP contribution in [0.5, 0.6) is 0 Å². The molecule has 0 aliphatic rings. The second kappa shape index (κ2) is 12.5. The van der Waals surface area contributed by atoms with E-state index in [9.17, 15) is 19.5 Å². The first-order chi connectivity index (χ1) is 15.3. The average Bonchev–Trinajstić information content (AvgIpc) is 2.78. The zero-order chi connectivity index (χ0) is 23.5. The number of alkyl carbamates (subject to hydrolysis) is 1. The van der Waals surface area contributed by atoms with Crippen LogP contribution in [0.1, 0.15) is 28.7 Å². The van der Waals surface area contributed by atoms with Crippen molar-refractivity contribution in [2.75, 3.05) is 13.7 Å². The van der Waals surface area contributed by atoms with Gasteiger partial charge in [0.05, 0.1) is 19.6 Å². The van der Waals surface area contributed by atoms with Crippen molar-refractivity contribution in [3.8, 4) is 0 Å². The summed E-state index contributed by atoms with van der Waals surface area (Å²) in [5.74, 6) is -1.10. The number of aryl methyl sites for hydroxylation is 2. The number of aliphatic hydroxyl groups excluding tert-OH is 1. The Bertz CT molecular complexity index is 896. The summed E-state index contributed by atoms with van der Waals surface area (Å²) < 4.78 is 9.88. The Morgan fingerprint density at radius 3 is 2.28 bits per heavy atom. The van der Waals surface area contributed by atoms with Gasteiger partial charge in [0, 0.05) is 13.0 Å². The Morgan fingerprint density at radius 1 is 1.00 bits per heavy atom. The molecule has 2 atom stereocenters. The minimum absolute atomic E-state index is 0.0996. The van der Waals surface area contributed by atoms with Crippen molar-refractivity contribution < 1.29 is 29.0 Å². The molecule has 8 nitrogen and oxygen atoms in total. The summed E-state index contributed by atoms with van der Waals surface area (Å²) in [7, 11) is 1.26. The molecule has 0 spiro atoms. The Labute approximate surface area is 187 Å². The molecule has 0 heterocycles. The first-order valence-corrected chi connectivity index (χ1v) is 10.3. The standard InChI is InChI=1S/C24H30N2O6/c1-16-8-7-9-17(2)20(16)13-21(23(29)31-3)26-22(28)12-19(27)14-25-24(30)32-15-18-10-5-4-6-11-18/h4-11,19,21,27H,12-15H2,1-3H3,(H,25,30)(H,26,28)/t19-,21+/m1/s1. The summed E-state index contributed by atoms with van der Waals surface area (Å²) in [6, 6.07) is 14.1. The van der Waals surface area contributed by atoms with E-state index in [1.54, 1.807) is 0 Å². The lowest BCUT2D eigenvalue weighted by Crippen LogP contribution is -2.45. The molecule has 2 rings (SSSR count). The van der Waals surface area contributed by atoms with Crippen molar-refractivity contribution in [1.82, 2.24) is 10.6 Å². The Hall–Kier alpha value is -3.39. The van der Waals surface area contributed by atoms with Crippen molar-refractivity contribution in [2.24, 2.45) is 0 Å². The summed E-state index contributed by atoms with van der Waals surface area (Å²) in [5, 5.41) is 15.1. The minimum atomic E-state index is -1.14. The Morgan fingerprint density at radius 2 is 1.66 bits per heavy atom. The molecule has 2 aromatic carbocycles. The predicted molar refractivity (Wildman–Crippen MR) is 119 cm³/mol. The lowest BCUT2D eigenvalue weighted by Gasteiger charge is -2.20. The number of esters is 1. The number of amides is 2. The summed E-state index contributed by atoms with van der Waals surface area (Å²) in [6.45, 7) is 3.80. The molecule has 0 radical (unpaired) electrons. The molecule has 0 unspecified atom stereocenters. The smallest absolute Gasteiger partial charge is 0.407 e. The molecule has 172 valence electrons. The van der Waals surface area contributed by atoms with Crippen molar-refractivity contribution in [3.63, 3.8) is 0 Å². The molecular formula is C24H30N2O6. The van der Waals surface area contributed by atoms with E-state index in [-0.39, 0.29) is 26.0 Å². The second-order valence-corrected chi connectivity index (χ2v) is 7.52. The molecule has 32 heavy (non-hydrogen) atoms. The average molecular weight is 443 g/mol. The van der Waals surface area contributed by atoms with Crippen molar-refractivity contribution in [3.05, 3.63) is 70.8 Å². The quantitative estimate of drug-likeness (QED) is 0.486. The van der Waals surface area contributed by atoms with E-state index in [1.165, 1.54) is 7.11 Å². The number of nitrogens with one attached hydrogen (secondary N) is 2. The molecule has 0 bridgehead atoms. The lowest BCUT2D eigenvalue weighted by molar-refractivity contribution is -0.145. The van der Waals surface area contributed by atoms with Gasteiger partial charge in [0.15, 0.2) is 0 Å². The molecule has 8 heteroatoms. The van der Waals surface area contributed by atoms with Gasteiger partial charge in [-0.15, -0.1) is 0 Å². The Balaban J connectivity index is 1.82. The number of hydrogen-bond donors (Lipinski definition) is 3. The number of aliphatic hydroxyl groups is 1. The van der Waals surface area contributed by atoms with Gasteiger partial charge in [-0.3, -0.25) is 4.79 Å². The van der Waals surface area contributed by atoms with Crippen LogP contribution in [0, 0.1) is 13.8 Å². The SMILES string of the molecule is COC(=O)[C@H](Cc1c(C)cccc1C)NC(=O)C[C@@H](O)CNC(=O)OCc1ccccc1.